The van der Waals surface area contributed by atoms with Gasteiger partial charge in [-0.15, -0.1) is 12.4 Å². The van der Waals surface area contributed by atoms with Gasteiger partial charge in [-0.25, -0.2) is 8.42 Å². The van der Waals surface area contributed by atoms with Crippen LogP contribution in [0.4, 0.5) is 0 Å². The zero-order chi connectivity index (χ0) is 18.1. The quantitative estimate of drug-likeness (QED) is 0.795. The van der Waals surface area contributed by atoms with Gasteiger partial charge >= 0.3 is 0 Å². The van der Waals surface area contributed by atoms with Crippen LogP contribution in [0.2, 0.25) is 0 Å². The molecule has 150 valence electrons. The van der Waals surface area contributed by atoms with E-state index in [2.05, 4.69) is 5.32 Å². The SMILES string of the molecule is Cl.O=C(c1cccc(S(=O)(=O)N2C[C@@H]3CCCN[C@@H]3C2)c1)N1CCOCC1. The first-order valence-corrected chi connectivity index (χ1v) is 10.7. The first-order chi connectivity index (χ1) is 12.6. The van der Waals surface area contributed by atoms with Gasteiger partial charge in [0.05, 0.1) is 18.1 Å². The molecule has 3 fully saturated rings. The number of amides is 1. The van der Waals surface area contributed by atoms with Gasteiger partial charge in [0.15, 0.2) is 0 Å². The Bertz CT molecular complexity index is 769. The number of fused-ring (bicyclic) bond motifs is 1. The molecule has 7 nitrogen and oxygen atoms in total. The molecule has 3 aliphatic heterocycles. The number of hydrogen-bond acceptors (Lipinski definition) is 5. The van der Waals surface area contributed by atoms with Crippen molar-refractivity contribution in [2.45, 2.75) is 23.8 Å². The summed E-state index contributed by atoms with van der Waals surface area (Å²) < 4.78 is 33.0. The summed E-state index contributed by atoms with van der Waals surface area (Å²) in [7, 11) is -3.59. The molecular weight excluding hydrogens is 390 g/mol. The van der Waals surface area contributed by atoms with E-state index in [1.54, 1.807) is 27.4 Å². The van der Waals surface area contributed by atoms with E-state index in [0.29, 0.717) is 50.9 Å². The van der Waals surface area contributed by atoms with E-state index < -0.39 is 10.0 Å². The summed E-state index contributed by atoms with van der Waals surface area (Å²) in [6, 6.07) is 6.68. The van der Waals surface area contributed by atoms with Crippen molar-refractivity contribution in [3.8, 4) is 0 Å². The second-order valence-corrected chi connectivity index (χ2v) is 9.16. The van der Waals surface area contributed by atoms with Gasteiger partial charge in [-0.3, -0.25) is 4.79 Å². The maximum Gasteiger partial charge on any atom is 0.254 e. The molecule has 0 bridgehead atoms. The third kappa shape index (κ3) is 4.14. The molecule has 1 N–H and O–H groups in total. The fourth-order valence-electron chi connectivity index (χ4n) is 4.09. The number of benzene rings is 1. The maximum absolute atomic E-state index is 13.1. The standard InChI is InChI=1S/C18H25N3O4S.ClH/c22-18(20-7-9-25-10-8-20)14-3-1-5-16(11-14)26(23,24)21-12-15-4-2-6-19-17(15)13-21;/h1,3,5,11,15,17,19H,2,4,6-10,12-13H2;1H/t15-,17+;/m0./s1. The van der Waals surface area contributed by atoms with Crippen LogP contribution in [-0.4, -0.2) is 75.5 Å². The second-order valence-electron chi connectivity index (χ2n) is 7.22. The van der Waals surface area contributed by atoms with E-state index >= 15 is 0 Å². The van der Waals surface area contributed by atoms with E-state index in [1.807, 2.05) is 0 Å². The lowest BCUT2D eigenvalue weighted by molar-refractivity contribution is 0.0302. The topological polar surface area (TPSA) is 79.0 Å². The fraction of sp³-hybridized carbons (Fsp3) is 0.611. The number of morpholine rings is 1. The predicted octanol–water partition coefficient (Wildman–Crippen LogP) is 0.953. The lowest BCUT2D eigenvalue weighted by Crippen LogP contribution is -2.41. The van der Waals surface area contributed by atoms with E-state index in [1.165, 1.54) is 6.07 Å². The van der Waals surface area contributed by atoms with E-state index in [0.717, 1.165) is 19.4 Å². The van der Waals surface area contributed by atoms with Gasteiger partial charge in [0.2, 0.25) is 10.0 Å². The van der Waals surface area contributed by atoms with Crippen LogP contribution in [0.1, 0.15) is 23.2 Å². The van der Waals surface area contributed by atoms with Crippen LogP contribution in [0.3, 0.4) is 0 Å². The Labute approximate surface area is 166 Å². The first kappa shape index (κ1) is 20.5. The van der Waals surface area contributed by atoms with Crippen LogP contribution in [0.25, 0.3) is 0 Å². The molecule has 9 heteroatoms. The molecule has 3 aliphatic rings. The minimum atomic E-state index is -3.59. The van der Waals surface area contributed by atoms with E-state index in [9.17, 15) is 13.2 Å². The minimum Gasteiger partial charge on any atom is -0.378 e. The summed E-state index contributed by atoms with van der Waals surface area (Å²) in [5.41, 5.74) is 0.419. The van der Waals surface area contributed by atoms with Crippen LogP contribution < -0.4 is 5.32 Å². The lowest BCUT2D eigenvalue weighted by Gasteiger charge is -2.27. The molecule has 1 amide bonds. The number of carbonyl (C=O) groups excluding carboxylic acids is 1. The van der Waals surface area contributed by atoms with E-state index in [4.69, 9.17) is 4.74 Å². The van der Waals surface area contributed by atoms with Gasteiger partial charge < -0.3 is 15.0 Å². The van der Waals surface area contributed by atoms with Gasteiger partial charge in [-0.05, 0) is 43.5 Å². The zero-order valence-corrected chi connectivity index (χ0v) is 16.8. The van der Waals surface area contributed by atoms with Crippen LogP contribution in [-0.2, 0) is 14.8 Å². The predicted molar refractivity (Wildman–Crippen MR) is 104 cm³/mol. The number of nitrogens with one attached hydrogen (secondary N) is 1. The van der Waals surface area contributed by atoms with Crippen molar-refractivity contribution in [3.05, 3.63) is 29.8 Å². The highest BCUT2D eigenvalue weighted by Crippen LogP contribution is 2.29. The van der Waals surface area contributed by atoms with Gasteiger partial charge in [0.25, 0.3) is 5.91 Å². The molecule has 2 atom stereocenters. The molecule has 0 aromatic heterocycles. The molecule has 0 radical (unpaired) electrons. The van der Waals surface area contributed by atoms with Crippen molar-refractivity contribution < 1.29 is 17.9 Å². The summed E-state index contributed by atoms with van der Waals surface area (Å²) in [5.74, 6) is 0.249. The van der Waals surface area contributed by atoms with Gasteiger partial charge in [0, 0.05) is 37.8 Å². The van der Waals surface area contributed by atoms with Crippen molar-refractivity contribution in [1.29, 1.82) is 0 Å². The molecule has 0 aliphatic carbocycles. The van der Waals surface area contributed by atoms with Crippen LogP contribution in [0.5, 0.6) is 0 Å². The lowest BCUT2D eigenvalue weighted by atomic mass is 9.94. The minimum absolute atomic E-state index is 0. The van der Waals surface area contributed by atoms with Crippen molar-refractivity contribution in [1.82, 2.24) is 14.5 Å². The van der Waals surface area contributed by atoms with Crippen LogP contribution >= 0.6 is 12.4 Å². The summed E-state index contributed by atoms with van der Waals surface area (Å²) >= 11 is 0. The Balaban J connectivity index is 0.00000210. The molecular formula is C18H26ClN3O4S. The Kier molecular flexibility index (Phi) is 6.43. The van der Waals surface area contributed by atoms with Crippen LogP contribution in [0, 0.1) is 5.92 Å². The zero-order valence-electron chi connectivity index (χ0n) is 15.2. The Morgan fingerprint density at radius 3 is 2.70 bits per heavy atom. The number of sulfonamides is 1. The molecule has 3 saturated heterocycles. The molecule has 4 rings (SSSR count). The molecule has 0 spiro atoms. The largest absolute Gasteiger partial charge is 0.378 e. The molecule has 0 saturated carbocycles. The average Bonchev–Trinajstić information content (AvgIpc) is 3.13. The van der Waals surface area contributed by atoms with Crippen molar-refractivity contribution in [2.24, 2.45) is 5.92 Å². The van der Waals surface area contributed by atoms with Crippen LogP contribution in [0.15, 0.2) is 29.2 Å². The summed E-state index contributed by atoms with van der Waals surface area (Å²) in [6.45, 7) is 4.14. The number of piperidine rings is 1. The summed E-state index contributed by atoms with van der Waals surface area (Å²) in [4.78, 5) is 14.6. The third-order valence-electron chi connectivity index (χ3n) is 5.58. The summed E-state index contributed by atoms with van der Waals surface area (Å²) in [6.07, 6.45) is 2.16. The fourth-order valence-corrected chi connectivity index (χ4v) is 5.66. The normalized spacial score (nSPS) is 26.3. The highest BCUT2D eigenvalue weighted by atomic mass is 35.5. The summed E-state index contributed by atoms with van der Waals surface area (Å²) in [5, 5.41) is 3.43. The molecule has 27 heavy (non-hydrogen) atoms. The van der Waals surface area contributed by atoms with Gasteiger partial charge in [-0.1, -0.05) is 6.07 Å². The number of halogens is 1. The number of hydrogen-bond donors (Lipinski definition) is 1. The Hall–Kier alpha value is -1.19. The first-order valence-electron chi connectivity index (χ1n) is 9.26. The van der Waals surface area contributed by atoms with Crippen molar-refractivity contribution >= 4 is 28.3 Å². The molecule has 3 heterocycles. The monoisotopic (exact) mass is 415 g/mol. The maximum atomic E-state index is 13.1. The van der Waals surface area contributed by atoms with E-state index in [-0.39, 0.29) is 29.3 Å². The number of carbonyl (C=O) groups is 1. The number of rotatable bonds is 3. The van der Waals surface area contributed by atoms with Gasteiger partial charge in [0.1, 0.15) is 0 Å². The van der Waals surface area contributed by atoms with Crippen molar-refractivity contribution in [3.63, 3.8) is 0 Å². The number of nitrogens with zero attached hydrogens (tertiary/aromatic N) is 2. The number of ether oxygens (including phenoxy) is 1. The van der Waals surface area contributed by atoms with Crippen molar-refractivity contribution in [2.75, 3.05) is 45.9 Å². The average molecular weight is 416 g/mol. The molecule has 0 unspecified atom stereocenters. The second kappa shape index (κ2) is 8.45. The third-order valence-corrected chi connectivity index (χ3v) is 7.41. The van der Waals surface area contributed by atoms with Gasteiger partial charge in [-0.2, -0.15) is 4.31 Å². The molecule has 1 aromatic carbocycles. The Morgan fingerprint density at radius 2 is 1.96 bits per heavy atom. The molecule has 1 aromatic rings. The highest BCUT2D eigenvalue weighted by molar-refractivity contribution is 7.89. The highest BCUT2D eigenvalue weighted by Gasteiger charge is 2.40. The Morgan fingerprint density at radius 1 is 1.19 bits per heavy atom. The smallest absolute Gasteiger partial charge is 0.254 e.